The number of carbonyl (C=O) groups is 1. The summed E-state index contributed by atoms with van der Waals surface area (Å²) in [6.07, 6.45) is 3.80. The Balaban J connectivity index is 1.79. The summed E-state index contributed by atoms with van der Waals surface area (Å²) in [7, 11) is -3.91. The number of amides is 1. The molecule has 2 aromatic rings. The number of aromatic nitrogens is 1. The highest BCUT2D eigenvalue weighted by Gasteiger charge is 2.29. The average molecular weight is 428 g/mol. The zero-order chi connectivity index (χ0) is 20.3. The molecule has 1 fully saturated rings. The number of pyridine rings is 1. The lowest BCUT2D eigenvalue weighted by molar-refractivity contribution is -0.116. The van der Waals surface area contributed by atoms with Crippen LogP contribution in [0.2, 0.25) is 5.02 Å². The first kappa shape index (κ1) is 20.5. The highest BCUT2D eigenvalue weighted by atomic mass is 35.5. The SMILES string of the molecule is O=C(Cn1cccc(S(=O)(=O)N2CCCCC2)c1=O)Nc1ccc(F)c(Cl)c1. The van der Waals surface area contributed by atoms with E-state index in [2.05, 4.69) is 5.32 Å². The first-order chi connectivity index (χ1) is 13.3. The molecule has 1 aliphatic heterocycles. The number of nitrogens with one attached hydrogen (secondary N) is 1. The lowest BCUT2D eigenvalue weighted by atomic mass is 10.2. The summed E-state index contributed by atoms with van der Waals surface area (Å²) in [6.45, 7) is 0.363. The van der Waals surface area contributed by atoms with E-state index in [9.17, 15) is 22.4 Å². The van der Waals surface area contributed by atoms with Gasteiger partial charge in [-0.15, -0.1) is 0 Å². The number of piperidine rings is 1. The summed E-state index contributed by atoms with van der Waals surface area (Å²) >= 11 is 5.67. The van der Waals surface area contributed by atoms with Crippen molar-refractivity contribution in [2.45, 2.75) is 30.7 Å². The summed E-state index contributed by atoms with van der Waals surface area (Å²) < 4.78 is 41.1. The molecule has 0 saturated carbocycles. The number of nitrogens with zero attached hydrogens (tertiary/aromatic N) is 2. The van der Waals surface area contributed by atoms with Crippen LogP contribution >= 0.6 is 11.6 Å². The molecular weight excluding hydrogens is 409 g/mol. The van der Waals surface area contributed by atoms with Gasteiger partial charge in [0.1, 0.15) is 17.3 Å². The highest BCUT2D eigenvalue weighted by molar-refractivity contribution is 7.89. The second-order valence-corrected chi connectivity index (χ2v) is 8.76. The summed E-state index contributed by atoms with van der Waals surface area (Å²) in [6, 6.07) is 6.35. The van der Waals surface area contributed by atoms with Gasteiger partial charge in [-0.3, -0.25) is 9.59 Å². The van der Waals surface area contributed by atoms with Gasteiger partial charge in [0.05, 0.1) is 5.02 Å². The smallest absolute Gasteiger partial charge is 0.271 e. The molecule has 0 radical (unpaired) electrons. The first-order valence-electron chi connectivity index (χ1n) is 8.73. The second kappa shape index (κ2) is 8.42. The van der Waals surface area contributed by atoms with Gasteiger partial charge in [-0.1, -0.05) is 18.0 Å². The third-order valence-electron chi connectivity index (χ3n) is 4.44. The zero-order valence-corrected chi connectivity index (χ0v) is 16.5. The largest absolute Gasteiger partial charge is 0.324 e. The number of rotatable bonds is 5. The van der Waals surface area contributed by atoms with Gasteiger partial charge in [-0.2, -0.15) is 4.31 Å². The predicted octanol–water partition coefficient (Wildman–Crippen LogP) is 2.45. The standard InChI is InChI=1S/C18H19ClFN3O4S/c19-14-11-13(6-7-15(14)20)21-17(24)12-22-8-4-5-16(18(22)25)28(26,27)23-9-2-1-3-10-23/h4-8,11H,1-3,9-10,12H2,(H,21,24). The Kier molecular flexibility index (Phi) is 6.17. The lowest BCUT2D eigenvalue weighted by Crippen LogP contribution is -2.39. The molecule has 0 unspecified atom stereocenters. The summed E-state index contributed by atoms with van der Waals surface area (Å²) in [4.78, 5) is 24.5. The molecule has 1 N–H and O–H groups in total. The van der Waals surface area contributed by atoms with Gasteiger partial charge < -0.3 is 9.88 Å². The molecule has 1 saturated heterocycles. The molecule has 1 aliphatic rings. The average Bonchev–Trinajstić information content (AvgIpc) is 2.67. The minimum Gasteiger partial charge on any atom is -0.324 e. The first-order valence-corrected chi connectivity index (χ1v) is 10.6. The predicted molar refractivity (Wildman–Crippen MR) is 103 cm³/mol. The van der Waals surface area contributed by atoms with Crippen LogP contribution in [0.5, 0.6) is 0 Å². The fourth-order valence-electron chi connectivity index (χ4n) is 3.01. The van der Waals surface area contributed by atoms with E-state index in [0.717, 1.165) is 29.9 Å². The van der Waals surface area contributed by atoms with Crippen LogP contribution in [0.25, 0.3) is 0 Å². The van der Waals surface area contributed by atoms with E-state index in [-0.39, 0.29) is 15.6 Å². The Bertz CT molecular complexity index is 1050. The van der Waals surface area contributed by atoms with Crippen molar-refractivity contribution >= 4 is 33.2 Å². The van der Waals surface area contributed by atoms with Crippen LogP contribution in [0.15, 0.2) is 46.2 Å². The molecule has 1 aromatic carbocycles. The molecule has 1 amide bonds. The minimum atomic E-state index is -3.91. The van der Waals surface area contributed by atoms with Crippen LogP contribution < -0.4 is 10.9 Å². The molecule has 0 atom stereocenters. The Morgan fingerprint density at radius 3 is 2.57 bits per heavy atom. The van der Waals surface area contributed by atoms with E-state index in [0.29, 0.717) is 13.1 Å². The van der Waals surface area contributed by atoms with Gasteiger partial charge in [0.2, 0.25) is 15.9 Å². The van der Waals surface area contributed by atoms with Crippen LogP contribution in [-0.4, -0.2) is 36.3 Å². The summed E-state index contributed by atoms with van der Waals surface area (Å²) in [5.41, 5.74) is -0.498. The van der Waals surface area contributed by atoms with Crippen LogP contribution in [0.3, 0.4) is 0 Å². The van der Waals surface area contributed by atoms with Crippen molar-refractivity contribution in [3.8, 4) is 0 Å². The number of hydrogen-bond acceptors (Lipinski definition) is 4. The molecule has 28 heavy (non-hydrogen) atoms. The number of sulfonamides is 1. The quantitative estimate of drug-likeness (QED) is 0.793. The molecular formula is C18H19ClFN3O4S. The summed E-state index contributed by atoms with van der Waals surface area (Å²) in [5, 5.41) is 2.35. The highest BCUT2D eigenvalue weighted by Crippen LogP contribution is 2.20. The summed E-state index contributed by atoms with van der Waals surface area (Å²) in [5.74, 6) is -1.19. The fourth-order valence-corrected chi connectivity index (χ4v) is 4.80. The molecule has 7 nitrogen and oxygen atoms in total. The van der Waals surface area contributed by atoms with Gasteiger partial charge in [-0.25, -0.2) is 12.8 Å². The van der Waals surface area contributed by atoms with E-state index in [1.54, 1.807) is 0 Å². The monoisotopic (exact) mass is 427 g/mol. The van der Waals surface area contributed by atoms with E-state index >= 15 is 0 Å². The van der Waals surface area contributed by atoms with Crippen LogP contribution in [-0.2, 0) is 21.4 Å². The molecule has 0 spiro atoms. The van der Waals surface area contributed by atoms with Gasteiger partial charge in [0, 0.05) is 25.0 Å². The Morgan fingerprint density at radius 1 is 1.18 bits per heavy atom. The second-order valence-electron chi connectivity index (χ2n) is 6.45. The van der Waals surface area contributed by atoms with Gasteiger partial charge >= 0.3 is 0 Å². The van der Waals surface area contributed by atoms with Gasteiger partial charge in [-0.05, 0) is 43.2 Å². The third kappa shape index (κ3) is 4.43. The Morgan fingerprint density at radius 2 is 1.89 bits per heavy atom. The van der Waals surface area contributed by atoms with E-state index in [1.807, 2.05) is 0 Å². The molecule has 150 valence electrons. The number of carbonyl (C=O) groups excluding carboxylic acids is 1. The molecule has 0 bridgehead atoms. The number of halogens is 2. The Hall–Kier alpha value is -2.23. The normalized spacial score (nSPS) is 15.4. The molecule has 10 heteroatoms. The van der Waals surface area contributed by atoms with Crippen molar-refractivity contribution in [2.24, 2.45) is 0 Å². The van der Waals surface area contributed by atoms with Crippen molar-refractivity contribution in [3.63, 3.8) is 0 Å². The van der Waals surface area contributed by atoms with Gasteiger partial charge in [0.25, 0.3) is 5.56 Å². The Labute approximate surface area is 166 Å². The molecule has 2 heterocycles. The third-order valence-corrected chi connectivity index (χ3v) is 6.64. The van der Waals surface area contributed by atoms with Crippen molar-refractivity contribution in [1.29, 1.82) is 0 Å². The maximum Gasteiger partial charge on any atom is 0.271 e. The molecule has 0 aliphatic carbocycles. The zero-order valence-electron chi connectivity index (χ0n) is 14.9. The maximum atomic E-state index is 13.2. The minimum absolute atomic E-state index is 0.149. The van der Waals surface area contributed by atoms with E-state index < -0.39 is 33.9 Å². The van der Waals surface area contributed by atoms with Gasteiger partial charge in [0.15, 0.2) is 0 Å². The number of hydrogen-bond donors (Lipinski definition) is 1. The van der Waals surface area contributed by atoms with E-state index in [1.165, 1.54) is 34.8 Å². The fraction of sp³-hybridized carbons (Fsp3) is 0.333. The number of benzene rings is 1. The molecule has 1 aromatic heterocycles. The topological polar surface area (TPSA) is 88.5 Å². The van der Waals surface area contributed by atoms with Crippen LogP contribution in [0.4, 0.5) is 10.1 Å². The van der Waals surface area contributed by atoms with Crippen molar-refractivity contribution < 1.29 is 17.6 Å². The van der Waals surface area contributed by atoms with Crippen molar-refractivity contribution in [2.75, 3.05) is 18.4 Å². The van der Waals surface area contributed by atoms with E-state index in [4.69, 9.17) is 11.6 Å². The van der Waals surface area contributed by atoms with Crippen molar-refractivity contribution in [1.82, 2.24) is 8.87 Å². The van der Waals surface area contributed by atoms with Crippen molar-refractivity contribution in [3.05, 3.63) is 57.7 Å². The van der Waals surface area contributed by atoms with Crippen LogP contribution in [0, 0.1) is 5.82 Å². The maximum absolute atomic E-state index is 13.2. The lowest BCUT2D eigenvalue weighted by Gasteiger charge is -2.25. The van der Waals surface area contributed by atoms with Crippen LogP contribution in [0.1, 0.15) is 19.3 Å². The number of anilines is 1. The molecule has 3 rings (SSSR count).